The molecule has 0 radical (unpaired) electrons. The van der Waals surface area contributed by atoms with Gasteiger partial charge < -0.3 is 9.84 Å². The van der Waals surface area contributed by atoms with Crippen molar-refractivity contribution in [2.24, 2.45) is 0 Å². The van der Waals surface area contributed by atoms with Crippen LogP contribution in [-0.4, -0.2) is 35.2 Å². The summed E-state index contributed by atoms with van der Waals surface area (Å²) in [7, 11) is 2.24. The molecule has 0 saturated carbocycles. The Hall–Kier alpha value is -0.580. The maximum absolute atomic E-state index is 5.25. The number of aromatic nitrogens is 1. The Morgan fingerprint density at radius 1 is 1.26 bits per heavy atom. The van der Waals surface area contributed by atoms with Crippen molar-refractivity contribution in [3.8, 4) is 0 Å². The Balaban J connectivity index is 0.00000133. The minimum Gasteiger partial charge on any atom is -0.361 e. The maximum Gasteiger partial charge on any atom is 0.138 e. The van der Waals surface area contributed by atoms with Gasteiger partial charge in [-0.05, 0) is 46.6 Å². The summed E-state index contributed by atoms with van der Waals surface area (Å²) in [6.45, 7) is 5.01. The molecule has 2 bridgehead atoms. The van der Waals surface area contributed by atoms with Gasteiger partial charge in [0.25, 0.3) is 0 Å². The van der Waals surface area contributed by atoms with E-state index in [-0.39, 0.29) is 12.4 Å². The number of piperidine rings is 1. The number of hydrogen-bond donors (Lipinski definition) is 1. The van der Waals surface area contributed by atoms with Gasteiger partial charge in [-0.2, -0.15) is 0 Å². The largest absolute Gasteiger partial charge is 0.361 e. The number of rotatable bonds is 3. The number of fused-ring (bicyclic) bond motifs is 2. The fourth-order valence-electron chi connectivity index (χ4n) is 3.49. The summed E-state index contributed by atoms with van der Waals surface area (Å²) in [5.74, 6) is 0.969. The van der Waals surface area contributed by atoms with Crippen molar-refractivity contribution >= 4 is 12.4 Å². The van der Waals surface area contributed by atoms with Gasteiger partial charge in [-0.25, -0.2) is 0 Å². The number of aryl methyl sites for hydroxylation is 2. The molecule has 2 unspecified atom stereocenters. The number of nitrogens with zero attached hydrogens (tertiary/aromatic N) is 2. The predicted molar refractivity (Wildman–Crippen MR) is 77.7 cm³/mol. The Bertz CT molecular complexity index is 403. The van der Waals surface area contributed by atoms with E-state index in [1.54, 1.807) is 0 Å². The molecule has 4 nitrogen and oxygen atoms in total. The number of nitrogens with one attached hydrogen (secondary N) is 1. The van der Waals surface area contributed by atoms with Crippen molar-refractivity contribution in [3.05, 3.63) is 17.0 Å². The molecule has 19 heavy (non-hydrogen) atoms. The van der Waals surface area contributed by atoms with Gasteiger partial charge in [-0.15, -0.1) is 12.4 Å². The molecule has 0 amide bonds. The maximum atomic E-state index is 5.25. The van der Waals surface area contributed by atoms with E-state index in [4.69, 9.17) is 4.52 Å². The lowest BCUT2D eigenvalue weighted by atomic mass is 9.98. The second-order valence-electron chi connectivity index (χ2n) is 5.98. The van der Waals surface area contributed by atoms with Gasteiger partial charge in [0.1, 0.15) is 5.76 Å². The fraction of sp³-hybridized carbons (Fsp3) is 0.786. The SMILES string of the molecule is Cc1noc(C)c1CN(C)C1CC2CCC(C1)N2.Cl. The van der Waals surface area contributed by atoms with Crippen LogP contribution in [0.25, 0.3) is 0 Å². The number of hydrogen-bond acceptors (Lipinski definition) is 4. The van der Waals surface area contributed by atoms with Crippen molar-refractivity contribution in [2.45, 2.75) is 64.2 Å². The normalized spacial score (nSPS) is 29.6. The molecule has 2 aliphatic rings. The van der Waals surface area contributed by atoms with Crippen LogP contribution in [0.1, 0.15) is 42.7 Å². The molecule has 1 aromatic heterocycles. The van der Waals surface area contributed by atoms with Gasteiger partial charge in [-0.1, -0.05) is 5.16 Å². The summed E-state index contributed by atoms with van der Waals surface area (Å²) in [5.41, 5.74) is 2.31. The summed E-state index contributed by atoms with van der Waals surface area (Å²) in [6, 6.07) is 2.21. The third kappa shape index (κ3) is 2.96. The van der Waals surface area contributed by atoms with Crippen LogP contribution < -0.4 is 5.32 Å². The van der Waals surface area contributed by atoms with Gasteiger partial charge in [0.2, 0.25) is 0 Å². The Kier molecular flexibility index (Phi) is 4.54. The van der Waals surface area contributed by atoms with Gasteiger partial charge >= 0.3 is 0 Å². The fourth-order valence-corrected chi connectivity index (χ4v) is 3.49. The van der Waals surface area contributed by atoms with E-state index in [2.05, 4.69) is 22.4 Å². The zero-order chi connectivity index (χ0) is 12.7. The smallest absolute Gasteiger partial charge is 0.138 e. The first-order chi connectivity index (χ1) is 8.63. The van der Waals surface area contributed by atoms with E-state index in [1.165, 1.54) is 31.2 Å². The molecule has 2 saturated heterocycles. The molecular weight excluding hydrogens is 262 g/mol. The molecule has 2 aliphatic heterocycles. The highest BCUT2D eigenvalue weighted by Crippen LogP contribution is 2.30. The van der Waals surface area contributed by atoms with Gasteiger partial charge in [0, 0.05) is 30.2 Å². The van der Waals surface area contributed by atoms with Crippen LogP contribution in [0.3, 0.4) is 0 Å². The monoisotopic (exact) mass is 285 g/mol. The summed E-state index contributed by atoms with van der Waals surface area (Å²) in [5, 5.41) is 7.74. The minimum absolute atomic E-state index is 0. The molecule has 3 heterocycles. The van der Waals surface area contributed by atoms with E-state index < -0.39 is 0 Å². The van der Waals surface area contributed by atoms with E-state index in [9.17, 15) is 0 Å². The molecule has 0 aromatic carbocycles. The second-order valence-corrected chi connectivity index (χ2v) is 5.98. The summed E-state index contributed by atoms with van der Waals surface area (Å²) < 4.78 is 5.25. The standard InChI is InChI=1S/C14H23N3O.ClH/c1-9-14(10(2)18-16-9)8-17(3)13-6-11-4-5-12(7-13)15-11;/h11-13,15H,4-8H2,1-3H3;1H. The molecular formula is C14H24ClN3O. The molecule has 3 rings (SSSR count). The molecule has 1 N–H and O–H groups in total. The highest BCUT2D eigenvalue weighted by molar-refractivity contribution is 5.85. The molecule has 1 aromatic rings. The quantitative estimate of drug-likeness (QED) is 0.926. The Morgan fingerprint density at radius 3 is 2.42 bits per heavy atom. The number of halogens is 1. The van der Waals surface area contributed by atoms with Crippen molar-refractivity contribution in [1.82, 2.24) is 15.4 Å². The molecule has 2 atom stereocenters. The lowest BCUT2D eigenvalue weighted by Gasteiger charge is -2.35. The highest BCUT2D eigenvalue weighted by Gasteiger charge is 2.35. The first-order valence-electron chi connectivity index (χ1n) is 7.01. The highest BCUT2D eigenvalue weighted by atomic mass is 35.5. The second kappa shape index (κ2) is 5.81. The third-order valence-corrected chi connectivity index (χ3v) is 4.66. The summed E-state index contributed by atoms with van der Waals surface area (Å²) >= 11 is 0. The van der Waals surface area contributed by atoms with Gasteiger partial charge in [0.15, 0.2) is 0 Å². The molecule has 5 heteroatoms. The van der Waals surface area contributed by atoms with Crippen LogP contribution in [0, 0.1) is 13.8 Å². The summed E-state index contributed by atoms with van der Waals surface area (Å²) in [4.78, 5) is 2.48. The van der Waals surface area contributed by atoms with E-state index in [0.717, 1.165) is 30.1 Å². The van der Waals surface area contributed by atoms with Crippen LogP contribution >= 0.6 is 12.4 Å². The van der Waals surface area contributed by atoms with Gasteiger partial charge in [0.05, 0.1) is 5.69 Å². The molecule has 2 fully saturated rings. The predicted octanol–water partition coefficient (Wildman–Crippen LogP) is 2.43. The van der Waals surface area contributed by atoms with Crippen molar-refractivity contribution in [3.63, 3.8) is 0 Å². The Morgan fingerprint density at radius 2 is 1.89 bits per heavy atom. The van der Waals surface area contributed by atoms with Crippen molar-refractivity contribution < 1.29 is 4.52 Å². The Labute approximate surface area is 121 Å². The average Bonchev–Trinajstić information content (AvgIpc) is 2.85. The molecule has 0 aliphatic carbocycles. The van der Waals surface area contributed by atoms with Crippen molar-refractivity contribution in [1.29, 1.82) is 0 Å². The first-order valence-corrected chi connectivity index (χ1v) is 7.01. The van der Waals surface area contributed by atoms with E-state index >= 15 is 0 Å². The zero-order valence-corrected chi connectivity index (χ0v) is 12.8. The topological polar surface area (TPSA) is 41.3 Å². The van der Waals surface area contributed by atoms with Crippen LogP contribution in [0.2, 0.25) is 0 Å². The third-order valence-electron chi connectivity index (χ3n) is 4.66. The van der Waals surface area contributed by atoms with Crippen molar-refractivity contribution in [2.75, 3.05) is 7.05 Å². The lowest BCUT2D eigenvalue weighted by molar-refractivity contribution is 0.165. The minimum atomic E-state index is 0. The summed E-state index contributed by atoms with van der Waals surface area (Å²) in [6.07, 6.45) is 5.30. The molecule has 108 valence electrons. The van der Waals surface area contributed by atoms with Crippen LogP contribution in [0.4, 0.5) is 0 Å². The van der Waals surface area contributed by atoms with Crippen LogP contribution in [0.5, 0.6) is 0 Å². The lowest BCUT2D eigenvalue weighted by Crippen LogP contribution is -2.46. The average molecular weight is 286 g/mol. The van der Waals surface area contributed by atoms with Crippen LogP contribution in [0.15, 0.2) is 4.52 Å². The van der Waals surface area contributed by atoms with E-state index in [1.807, 2.05) is 13.8 Å². The van der Waals surface area contributed by atoms with Gasteiger partial charge in [-0.3, -0.25) is 4.90 Å². The van der Waals surface area contributed by atoms with E-state index in [0.29, 0.717) is 6.04 Å². The zero-order valence-electron chi connectivity index (χ0n) is 12.0. The van der Waals surface area contributed by atoms with Crippen LogP contribution in [-0.2, 0) is 6.54 Å². The first kappa shape index (κ1) is 14.8. The molecule has 0 spiro atoms.